The molecular weight excluding hydrogens is 300 g/mol. The molecular formula is C21H32O3. The summed E-state index contributed by atoms with van der Waals surface area (Å²) in [4.78, 5) is 0. The molecule has 0 heterocycles. The van der Waals surface area contributed by atoms with Crippen LogP contribution in [-0.2, 0) is 5.41 Å². The van der Waals surface area contributed by atoms with E-state index in [1.165, 1.54) is 12.0 Å². The number of rotatable bonds is 3. The summed E-state index contributed by atoms with van der Waals surface area (Å²) in [7, 11) is 3.44. The van der Waals surface area contributed by atoms with E-state index < -0.39 is 6.10 Å². The van der Waals surface area contributed by atoms with Crippen LogP contribution in [0.4, 0.5) is 0 Å². The van der Waals surface area contributed by atoms with Gasteiger partial charge in [0.1, 0.15) is 0 Å². The second kappa shape index (κ2) is 5.66. The van der Waals surface area contributed by atoms with Crippen molar-refractivity contribution in [2.24, 2.45) is 11.3 Å². The standard InChI is InChI=1S/C21H32O3/c1-12(2)13-11-14-15(18(24-7)17(13)23-6)21(5)10-8-9-20(3,4)19(21)16(14)22/h11-12,16,19,22H,8-10H2,1-7H3/t16-,19-,21-/m1/s1. The second-order valence-electron chi connectivity index (χ2n) is 8.83. The molecule has 1 aromatic rings. The van der Waals surface area contributed by atoms with E-state index in [0.29, 0.717) is 5.92 Å². The lowest BCUT2D eigenvalue weighted by atomic mass is 9.56. The number of aliphatic hydroxyl groups is 1. The van der Waals surface area contributed by atoms with Crippen LogP contribution in [0.25, 0.3) is 0 Å². The zero-order valence-electron chi connectivity index (χ0n) is 16.2. The van der Waals surface area contributed by atoms with Gasteiger partial charge in [0.25, 0.3) is 0 Å². The van der Waals surface area contributed by atoms with Gasteiger partial charge in [-0.05, 0) is 35.8 Å². The van der Waals surface area contributed by atoms with Crippen LogP contribution in [0.3, 0.4) is 0 Å². The van der Waals surface area contributed by atoms with Crippen molar-refractivity contribution in [2.75, 3.05) is 14.2 Å². The number of benzene rings is 1. The van der Waals surface area contributed by atoms with E-state index in [1.807, 2.05) is 0 Å². The van der Waals surface area contributed by atoms with Gasteiger partial charge in [-0.3, -0.25) is 0 Å². The second-order valence-corrected chi connectivity index (χ2v) is 8.83. The van der Waals surface area contributed by atoms with Gasteiger partial charge in [0.05, 0.1) is 20.3 Å². The Kier molecular flexibility index (Phi) is 4.15. The highest BCUT2D eigenvalue weighted by Crippen LogP contribution is 2.65. The summed E-state index contributed by atoms with van der Waals surface area (Å²) in [6.07, 6.45) is 3.00. The summed E-state index contributed by atoms with van der Waals surface area (Å²) in [5.74, 6) is 2.20. The van der Waals surface area contributed by atoms with Crippen LogP contribution in [0.1, 0.15) is 82.6 Å². The minimum atomic E-state index is -0.433. The molecule has 1 N–H and O–H groups in total. The van der Waals surface area contributed by atoms with Crippen molar-refractivity contribution < 1.29 is 14.6 Å². The molecule has 3 heteroatoms. The maximum atomic E-state index is 11.3. The molecule has 0 saturated heterocycles. The summed E-state index contributed by atoms with van der Waals surface area (Å²) >= 11 is 0. The number of aliphatic hydroxyl groups excluding tert-OH is 1. The molecule has 0 spiro atoms. The van der Waals surface area contributed by atoms with Crippen molar-refractivity contribution in [1.29, 1.82) is 0 Å². The third-order valence-corrected chi connectivity index (χ3v) is 6.58. The van der Waals surface area contributed by atoms with E-state index in [9.17, 15) is 5.11 Å². The van der Waals surface area contributed by atoms with Gasteiger partial charge in [-0.25, -0.2) is 0 Å². The van der Waals surface area contributed by atoms with Gasteiger partial charge in [-0.2, -0.15) is 0 Å². The van der Waals surface area contributed by atoms with Gasteiger partial charge >= 0.3 is 0 Å². The molecule has 3 nitrogen and oxygen atoms in total. The first kappa shape index (κ1) is 17.6. The fraction of sp³-hybridized carbons (Fsp3) is 0.714. The van der Waals surface area contributed by atoms with Crippen molar-refractivity contribution in [2.45, 2.75) is 71.3 Å². The van der Waals surface area contributed by atoms with Crippen LogP contribution in [-0.4, -0.2) is 19.3 Å². The summed E-state index contributed by atoms with van der Waals surface area (Å²) < 4.78 is 11.6. The Morgan fingerprint density at radius 2 is 1.71 bits per heavy atom. The van der Waals surface area contributed by atoms with Gasteiger partial charge in [0.2, 0.25) is 0 Å². The average molecular weight is 332 g/mol. The molecule has 3 rings (SSSR count). The Morgan fingerprint density at radius 3 is 2.25 bits per heavy atom. The van der Waals surface area contributed by atoms with E-state index in [2.05, 4.69) is 40.7 Å². The maximum absolute atomic E-state index is 11.3. The van der Waals surface area contributed by atoms with Crippen molar-refractivity contribution >= 4 is 0 Å². The van der Waals surface area contributed by atoms with Gasteiger partial charge in [0, 0.05) is 22.5 Å². The third kappa shape index (κ3) is 2.20. The quantitative estimate of drug-likeness (QED) is 0.850. The van der Waals surface area contributed by atoms with Crippen LogP contribution in [0.5, 0.6) is 11.5 Å². The molecule has 0 radical (unpaired) electrons. The number of hydrogen-bond acceptors (Lipinski definition) is 3. The molecule has 2 aliphatic rings. The molecule has 1 fully saturated rings. The molecule has 24 heavy (non-hydrogen) atoms. The average Bonchev–Trinajstić information content (AvgIpc) is 2.74. The lowest BCUT2D eigenvalue weighted by Crippen LogP contribution is -2.43. The largest absolute Gasteiger partial charge is 0.493 e. The Morgan fingerprint density at radius 1 is 1.08 bits per heavy atom. The van der Waals surface area contributed by atoms with Crippen LogP contribution in [0, 0.1) is 11.3 Å². The van der Waals surface area contributed by atoms with Gasteiger partial charge < -0.3 is 14.6 Å². The van der Waals surface area contributed by atoms with Gasteiger partial charge in [-0.1, -0.05) is 41.0 Å². The first-order valence-corrected chi connectivity index (χ1v) is 9.16. The molecule has 3 atom stereocenters. The van der Waals surface area contributed by atoms with Crippen molar-refractivity contribution in [3.05, 3.63) is 22.8 Å². The Hall–Kier alpha value is -1.22. The predicted molar refractivity (Wildman–Crippen MR) is 97.1 cm³/mol. The first-order valence-electron chi connectivity index (χ1n) is 9.16. The summed E-state index contributed by atoms with van der Waals surface area (Å²) in [5, 5.41) is 11.3. The van der Waals surface area contributed by atoms with E-state index in [4.69, 9.17) is 9.47 Å². The normalized spacial score (nSPS) is 30.9. The van der Waals surface area contributed by atoms with Crippen LogP contribution in [0.2, 0.25) is 0 Å². The van der Waals surface area contributed by atoms with E-state index in [1.54, 1.807) is 14.2 Å². The van der Waals surface area contributed by atoms with E-state index in [0.717, 1.165) is 35.5 Å². The van der Waals surface area contributed by atoms with E-state index in [-0.39, 0.29) is 16.7 Å². The number of ether oxygens (including phenoxy) is 2. The first-order chi connectivity index (χ1) is 11.2. The Labute approximate surface area is 146 Å². The summed E-state index contributed by atoms with van der Waals surface area (Å²) in [6, 6.07) is 2.17. The summed E-state index contributed by atoms with van der Waals surface area (Å²) in [5.41, 5.74) is 3.40. The predicted octanol–water partition coefficient (Wildman–Crippen LogP) is 4.96. The summed E-state index contributed by atoms with van der Waals surface area (Å²) in [6.45, 7) is 11.2. The topological polar surface area (TPSA) is 38.7 Å². The van der Waals surface area contributed by atoms with Crippen LogP contribution >= 0.6 is 0 Å². The molecule has 1 saturated carbocycles. The van der Waals surface area contributed by atoms with Crippen LogP contribution < -0.4 is 9.47 Å². The fourth-order valence-corrected chi connectivity index (χ4v) is 5.66. The smallest absolute Gasteiger partial charge is 0.165 e. The lowest BCUT2D eigenvalue weighted by molar-refractivity contribution is -0.0275. The molecule has 134 valence electrons. The number of hydrogen-bond donors (Lipinski definition) is 1. The molecule has 0 aromatic heterocycles. The molecule has 1 aromatic carbocycles. The van der Waals surface area contributed by atoms with Crippen molar-refractivity contribution in [3.8, 4) is 11.5 Å². The Bertz CT molecular complexity index is 647. The number of fused-ring (bicyclic) bond motifs is 3. The maximum Gasteiger partial charge on any atom is 0.165 e. The zero-order valence-corrected chi connectivity index (χ0v) is 16.2. The van der Waals surface area contributed by atoms with Crippen molar-refractivity contribution in [1.82, 2.24) is 0 Å². The molecule has 0 bridgehead atoms. The fourth-order valence-electron chi connectivity index (χ4n) is 5.66. The van der Waals surface area contributed by atoms with Gasteiger partial charge in [-0.15, -0.1) is 0 Å². The minimum absolute atomic E-state index is 0.0648. The zero-order chi connectivity index (χ0) is 17.9. The van der Waals surface area contributed by atoms with E-state index >= 15 is 0 Å². The Balaban J connectivity index is 2.32. The molecule has 2 aliphatic carbocycles. The third-order valence-electron chi connectivity index (χ3n) is 6.58. The molecule has 0 aliphatic heterocycles. The highest BCUT2D eigenvalue weighted by Gasteiger charge is 2.58. The number of methoxy groups -OCH3 is 2. The molecule has 0 amide bonds. The van der Waals surface area contributed by atoms with Crippen LogP contribution in [0.15, 0.2) is 6.07 Å². The monoisotopic (exact) mass is 332 g/mol. The van der Waals surface area contributed by atoms with Gasteiger partial charge in [0.15, 0.2) is 11.5 Å². The molecule has 0 unspecified atom stereocenters. The lowest BCUT2D eigenvalue weighted by Gasteiger charge is -2.48. The SMILES string of the molecule is COc1c(C(C)C)cc2c(c1OC)[C@@]1(C)CCCC(C)(C)[C@H]1[C@@H]2O. The minimum Gasteiger partial charge on any atom is -0.493 e. The highest BCUT2D eigenvalue weighted by molar-refractivity contribution is 5.62. The highest BCUT2D eigenvalue weighted by atomic mass is 16.5. The van der Waals surface area contributed by atoms with Crippen molar-refractivity contribution in [3.63, 3.8) is 0 Å².